The highest BCUT2D eigenvalue weighted by molar-refractivity contribution is 6.31. The highest BCUT2D eigenvalue weighted by Crippen LogP contribution is 2.28. The van der Waals surface area contributed by atoms with Crippen LogP contribution in [0.4, 0.5) is 0 Å². The van der Waals surface area contributed by atoms with Gasteiger partial charge in [0.1, 0.15) is 0 Å². The first-order chi connectivity index (χ1) is 7.20. The Morgan fingerprint density at radius 1 is 1.53 bits per heavy atom. The summed E-state index contributed by atoms with van der Waals surface area (Å²) in [4.78, 5) is 4.36. The van der Waals surface area contributed by atoms with Crippen molar-refractivity contribution in [2.45, 2.75) is 32.7 Å². The topological polar surface area (TPSA) is 24.9 Å². The van der Waals surface area contributed by atoms with Gasteiger partial charge in [0.25, 0.3) is 0 Å². The van der Waals surface area contributed by atoms with Crippen molar-refractivity contribution in [2.24, 2.45) is 5.92 Å². The molecule has 0 aliphatic heterocycles. The fourth-order valence-electron chi connectivity index (χ4n) is 1.94. The van der Waals surface area contributed by atoms with Crippen molar-refractivity contribution in [3.8, 4) is 0 Å². The number of rotatable bonds is 5. The van der Waals surface area contributed by atoms with Gasteiger partial charge < -0.3 is 5.32 Å². The molecule has 0 amide bonds. The monoisotopic (exact) mass is 226 g/mol. The Hall–Kier alpha value is -0.600. The lowest BCUT2D eigenvalue weighted by Crippen LogP contribution is -2.24. The zero-order chi connectivity index (χ0) is 11.3. The van der Waals surface area contributed by atoms with E-state index in [1.54, 1.807) is 6.20 Å². The molecule has 0 aromatic carbocycles. The maximum Gasteiger partial charge on any atom is 0.0761 e. The van der Waals surface area contributed by atoms with Gasteiger partial charge in [0, 0.05) is 6.20 Å². The number of pyridine rings is 1. The predicted molar refractivity (Wildman–Crippen MR) is 65.1 cm³/mol. The van der Waals surface area contributed by atoms with Crippen molar-refractivity contribution >= 4 is 11.6 Å². The van der Waals surface area contributed by atoms with Crippen LogP contribution in [-0.4, -0.2) is 12.0 Å². The zero-order valence-corrected chi connectivity index (χ0v) is 10.4. The minimum absolute atomic E-state index is 0.249. The molecule has 0 saturated heterocycles. The van der Waals surface area contributed by atoms with Crippen molar-refractivity contribution in [3.05, 3.63) is 29.0 Å². The summed E-state index contributed by atoms with van der Waals surface area (Å²) in [5, 5.41) is 4.05. The van der Waals surface area contributed by atoms with Crippen LogP contribution >= 0.6 is 11.6 Å². The molecule has 1 aromatic heterocycles. The first-order valence-electron chi connectivity index (χ1n) is 5.48. The van der Waals surface area contributed by atoms with Crippen molar-refractivity contribution in [2.75, 3.05) is 7.05 Å². The second-order valence-corrected chi connectivity index (χ2v) is 4.31. The second kappa shape index (κ2) is 6.09. The van der Waals surface area contributed by atoms with Crippen LogP contribution in [0.1, 0.15) is 38.4 Å². The molecule has 1 rings (SSSR count). The van der Waals surface area contributed by atoms with Crippen molar-refractivity contribution in [3.63, 3.8) is 0 Å². The molecular weight excluding hydrogens is 208 g/mol. The molecule has 84 valence electrons. The summed E-state index contributed by atoms with van der Waals surface area (Å²) in [7, 11) is 1.96. The Kier molecular flexibility index (Phi) is 5.06. The van der Waals surface area contributed by atoms with E-state index in [0.29, 0.717) is 5.92 Å². The Bertz CT molecular complexity index is 301. The summed E-state index contributed by atoms with van der Waals surface area (Å²) in [6.45, 7) is 4.43. The van der Waals surface area contributed by atoms with Crippen LogP contribution in [0.25, 0.3) is 0 Å². The van der Waals surface area contributed by atoms with Gasteiger partial charge in [-0.05, 0) is 31.5 Å². The Morgan fingerprint density at radius 3 is 2.80 bits per heavy atom. The molecule has 0 spiro atoms. The minimum atomic E-state index is 0.249. The van der Waals surface area contributed by atoms with Crippen LogP contribution in [-0.2, 0) is 0 Å². The van der Waals surface area contributed by atoms with Gasteiger partial charge in [0.05, 0.1) is 16.8 Å². The van der Waals surface area contributed by atoms with E-state index in [1.165, 1.54) is 12.8 Å². The van der Waals surface area contributed by atoms with Gasteiger partial charge in [-0.1, -0.05) is 31.9 Å². The number of nitrogens with one attached hydrogen (secondary N) is 1. The van der Waals surface area contributed by atoms with E-state index in [1.807, 2.05) is 19.2 Å². The van der Waals surface area contributed by atoms with Crippen LogP contribution in [0, 0.1) is 5.92 Å². The van der Waals surface area contributed by atoms with Crippen molar-refractivity contribution in [1.29, 1.82) is 0 Å². The predicted octanol–water partition coefficient (Wildman–Crippen LogP) is 3.43. The largest absolute Gasteiger partial charge is 0.311 e. The third-order valence-corrected chi connectivity index (χ3v) is 3.03. The van der Waals surface area contributed by atoms with Gasteiger partial charge in [0.2, 0.25) is 0 Å². The highest BCUT2D eigenvalue weighted by Gasteiger charge is 2.20. The summed E-state index contributed by atoms with van der Waals surface area (Å²) < 4.78 is 0. The molecule has 1 aromatic rings. The smallest absolute Gasteiger partial charge is 0.0761 e. The summed E-state index contributed by atoms with van der Waals surface area (Å²) in [6.07, 6.45) is 4.16. The van der Waals surface area contributed by atoms with Crippen LogP contribution in [0.15, 0.2) is 18.3 Å². The molecule has 15 heavy (non-hydrogen) atoms. The van der Waals surface area contributed by atoms with Crippen molar-refractivity contribution in [1.82, 2.24) is 10.3 Å². The van der Waals surface area contributed by atoms with E-state index in [2.05, 4.69) is 24.1 Å². The third kappa shape index (κ3) is 3.18. The molecule has 1 heterocycles. The SMILES string of the molecule is CCCC(C)C(NC)c1ncccc1Cl. The molecule has 0 aliphatic rings. The average Bonchev–Trinajstić information content (AvgIpc) is 2.22. The number of hydrogen-bond acceptors (Lipinski definition) is 2. The summed E-state index contributed by atoms with van der Waals surface area (Å²) in [5.74, 6) is 0.549. The highest BCUT2D eigenvalue weighted by atomic mass is 35.5. The molecule has 1 N–H and O–H groups in total. The number of halogens is 1. The number of hydrogen-bond donors (Lipinski definition) is 1. The lowest BCUT2D eigenvalue weighted by molar-refractivity contribution is 0.377. The fraction of sp³-hybridized carbons (Fsp3) is 0.583. The second-order valence-electron chi connectivity index (χ2n) is 3.90. The van der Waals surface area contributed by atoms with E-state index < -0.39 is 0 Å². The average molecular weight is 227 g/mol. The third-order valence-electron chi connectivity index (χ3n) is 2.71. The van der Waals surface area contributed by atoms with E-state index in [9.17, 15) is 0 Å². The molecule has 2 nitrogen and oxygen atoms in total. The molecular formula is C12H19ClN2. The molecule has 0 radical (unpaired) electrons. The molecule has 0 fully saturated rings. The van der Waals surface area contributed by atoms with E-state index in [-0.39, 0.29) is 6.04 Å². The maximum absolute atomic E-state index is 6.14. The molecule has 0 aliphatic carbocycles. The van der Waals surface area contributed by atoms with Crippen LogP contribution in [0.2, 0.25) is 5.02 Å². The summed E-state index contributed by atoms with van der Waals surface area (Å²) >= 11 is 6.14. The van der Waals surface area contributed by atoms with Gasteiger partial charge in [-0.15, -0.1) is 0 Å². The number of nitrogens with zero attached hydrogens (tertiary/aromatic N) is 1. The molecule has 2 atom stereocenters. The van der Waals surface area contributed by atoms with Gasteiger partial charge in [-0.25, -0.2) is 0 Å². The Balaban J connectivity index is 2.87. The quantitative estimate of drug-likeness (QED) is 0.832. The lowest BCUT2D eigenvalue weighted by Gasteiger charge is -2.23. The summed E-state index contributed by atoms with van der Waals surface area (Å²) in [5.41, 5.74) is 0.961. The lowest BCUT2D eigenvalue weighted by atomic mass is 9.94. The standard InChI is InChI=1S/C12H19ClN2/c1-4-6-9(2)11(14-3)12-10(13)7-5-8-15-12/h5,7-9,11,14H,4,6H2,1-3H3. The minimum Gasteiger partial charge on any atom is -0.311 e. The normalized spacial score (nSPS) is 14.9. The van der Waals surface area contributed by atoms with Gasteiger partial charge >= 0.3 is 0 Å². The fourth-order valence-corrected chi connectivity index (χ4v) is 2.18. The van der Waals surface area contributed by atoms with E-state index in [0.717, 1.165) is 10.7 Å². The molecule has 3 heteroatoms. The Morgan fingerprint density at radius 2 is 2.27 bits per heavy atom. The first kappa shape index (κ1) is 12.5. The van der Waals surface area contributed by atoms with Crippen LogP contribution < -0.4 is 5.32 Å². The molecule has 0 saturated carbocycles. The van der Waals surface area contributed by atoms with E-state index in [4.69, 9.17) is 11.6 Å². The first-order valence-corrected chi connectivity index (χ1v) is 5.86. The van der Waals surface area contributed by atoms with Crippen LogP contribution in [0.3, 0.4) is 0 Å². The maximum atomic E-state index is 6.14. The molecule has 0 bridgehead atoms. The van der Waals surface area contributed by atoms with Gasteiger partial charge in [0.15, 0.2) is 0 Å². The van der Waals surface area contributed by atoms with Gasteiger partial charge in [-0.3, -0.25) is 4.98 Å². The van der Waals surface area contributed by atoms with Crippen molar-refractivity contribution < 1.29 is 0 Å². The van der Waals surface area contributed by atoms with Crippen LogP contribution in [0.5, 0.6) is 0 Å². The summed E-state index contributed by atoms with van der Waals surface area (Å²) in [6, 6.07) is 4.01. The van der Waals surface area contributed by atoms with E-state index >= 15 is 0 Å². The molecule has 2 unspecified atom stereocenters. The Labute approximate surface area is 97.1 Å². The number of aromatic nitrogens is 1. The zero-order valence-electron chi connectivity index (χ0n) is 9.63. The van der Waals surface area contributed by atoms with Gasteiger partial charge in [-0.2, -0.15) is 0 Å².